The van der Waals surface area contributed by atoms with Gasteiger partial charge in [-0.05, 0) is 29.3 Å². The van der Waals surface area contributed by atoms with Crippen molar-refractivity contribution in [2.24, 2.45) is 0 Å². The van der Waals surface area contributed by atoms with Gasteiger partial charge in [0.2, 0.25) is 10.0 Å². The van der Waals surface area contributed by atoms with E-state index in [2.05, 4.69) is 4.72 Å². The average molecular weight is 347 g/mol. The van der Waals surface area contributed by atoms with Crippen LogP contribution in [0.1, 0.15) is 16.7 Å². The van der Waals surface area contributed by atoms with Gasteiger partial charge in [0, 0.05) is 6.54 Å². The molecule has 0 bridgehead atoms. The molecule has 3 nitrogen and oxygen atoms in total. The highest BCUT2D eigenvalue weighted by Gasteiger charge is 2.30. The van der Waals surface area contributed by atoms with Crippen molar-refractivity contribution in [2.45, 2.75) is 18.5 Å². The number of alkyl halides is 3. The Hall–Kier alpha value is -1.93. The molecule has 2 aromatic carbocycles. The van der Waals surface area contributed by atoms with Gasteiger partial charge in [-0.1, -0.05) is 30.3 Å². The zero-order valence-corrected chi connectivity index (χ0v) is 12.6. The quantitative estimate of drug-likeness (QED) is 0.842. The Morgan fingerprint density at radius 3 is 2.22 bits per heavy atom. The summed E-state index contributed by atoms with van der Waals surface area (Å²) in [6.07, 6.45) is -4.48. The van der Waals surface area contributed by atoms with Crippen LogP contribution in [0.2, 0.25) is 0 Å². The minimum atomic E-state index is -4.48. The molecule has 0 heterocycles. The van der Waals surface area contributed by atoms with E-state index in [9.17, 15) is 26.0 Å². The second-order valence-corrected chi connectivity index (χ2v) is 6.71. The second-order valence-electron chi connectivity index (χ2n) is 4.90. The monoisotopic (exact) mass is 347 g/mol. The van der Waals surface area contributed by atoms with Crippen molar-refractivity contribution in [3.05, 3.63) is 71.0 Å². The molecular formula is C15H13F4NO2S. The highest BCUT2D eigenvalue weighted by atomic mass is 32.2. The van der Waals surface area contributed by atoms with Crippen LogP contribution >= 0.6 is 0 Å². The second kappa shape index (κ2) is 6.67. The molecule has 0 radical (unpaired) electrons. The summed E-state index contributed by atoms with van der Waals surface area (Å²) in [5, 5.41) is 0. The zero-order valence-electron chi connectivity index (χ0n) is 11.8. The molecule has 0 aliphatic carbocycles. The molecule has 0 fully saturated rings. The number of hydrogen-bond donors (Lipinski definition) is 1. The SMILES string of the molecule is O=S(=O)(Cc1ccc(F)cc1)NCc1cccc(C(F)(F)F)c1. The summed E-state index contributed by atoms with van der Waals surface area (Å²) in [5.41, 5.74) is -0.266. The van der Waals surface area contributed by atoms with Crippen LogP contribution in [0.3, 0.4) is 0 Å². The lowest BCUT2D eigenvalue weighted by molar-refractivity contribution is -0.137. The molecule has 0 atom stereocenters. The fourth-order valence-electron chi connectivity index (χ4n) is 1.90. The lowest BCUT2D eigenvalue weighted by atomic mass is 10.1. The van der Waals surface area contributed by atoms with Crippen molar-refractivity contribution < 1.29 is 26.0 Å². The molecule has 0 amide bonds. The molecule has 23 heavy (non-hydrogen) atoms. The first-order valence-corrected chi connectivity index (χ1v) is 8.19. The van der Waals surface area contributed by atoms with E-state index >= 15 is 0 Å². The maximum atomic E-state index is 12.8. The molecule has 0 saturated carbocycles. The number of halogens is 4. The first-order valence-electron chi connectivity index (χ1n) is 6.54. The van der Waals surface area contributed by atoms with Crippen LogP contribution in [-0.4, -0.2) is 8.42 Å². The highest BCUT2D eigenvalue weighted by molar-refractivity contribution is 7.88. The molecule has 1 N–H and O–H groups in total. The largest absolute Gasteiger partial charge is 0.416 e. The van der Waals surface area contributed by atoms with Gasteiger partial charge >= 0.3 is 6.18 Å². The van der Waals surface area contributed by atoms with Crippen LogP contribution in [0.4, 0.5) is 17.6 Å². The van der Waals surface area contributed by atoms with Gasteiger partial charge in [0.25, 0.3) is 0 Å². The van der Waals surface area contributed by atoms with Crippen molar-refractivity contribution in [2.75, 3.05) is 0 Å². The maximum absolute atomic E-state index is 12.8. The van der Waals surface area contributed by atoms with Crippen molar-refractivity contribution >= 4 is 10.0 Å². The third-order valence-corrected chi connectivity index (χ3v) is 4.32. The summed E-state index contributed by atoms with van der Waals surface area (Å²) in [4.78, 5) is 0. The van der Waals surface area contributed by atoms with Gasteiger partial charge in [0.15, 0.2) is 0 Å². The number of hydrogen-bond acceptors (Lipinski definition) is 2. The van der Waals surface area contributed by atoms with Crippen LogP contribution in [-0.2, 0) is 28.5 Å². The molecule has 124 valence electrons. The zero-order chi connectivity index (χ0) is 17.1. The molecule has 8 heteroatoms. The van der Waals surface area contributed by atoms with E-state index in [-0.39, 0.29) is 17.9 Å². The molecule has 0 unspecified atom stereocenters. The fourth-order valence-corrected chi connectivity index (χ4v) is 3.02. The summed E-state index contributed by atoms with van der Waals surface area (Å²) < 4.78 is 76.6. The van der Waals surface area contributed by atoms with E-state index in [0.717, 1.165) is 24.3 Å². The fraction of sp³-hybridized carbons (Fsp3) is 0.200. The Morgan fingerprint density at radius 1 is 0.957 bits per heavy atom. The number of sulfonamides is 1. The highest BCUT2D eigenvalue weighted by Crippen LogP contribution is 2.29. The standard InChI is InChI=1S/C15H13F4NO2S/c16-14-6-4-11(5-7-14)10-23(21,22)20-9-12-2-1-3-13(8-12)15(17,18)19/h1-8,20H,9-10H2. The van der Waals surface area contributed by atoms with Gasteiger partial charge < -0.3 is 0 Å². The average Bonchev–Trinajstić information content (AvgIpc) is 2.47. The summed E-state index contributed by atoms with van der Waals surface area (Å²) in [6.45, 7) is -0.256. The van der Waals surface area contributed by atoms with E-state index < -0.39 is 27.6 Å². The molecule has 0 aliphatic heterocycles. The van der Waals surface area contributed by atoms with E-state index in [1.165, 1.54) is 24.3 Å². The van der Waals surface area contributed by atoms with E-state index in [4.69, 9.17) is 0 Å². The van der Waals surface area contributed by atoms with Crippen molar-refractivity contribution in [1.29, 1.82) is 0 Å². The molecular weight excluding hydrogens is 334 g/mol. The first-order chi connectivity index (χ1) is 10.7. The van der Waals surface area contributed by atoms with Crippen molar-refractivity contribution in [3.8, 4) is 0 Å². The minimum absolute atomic E-state index is 0.197. The molecule has 0 aromatic heterocycles. The van der Waals surface area contributed by atoms with Gasteiger partial charge in [-0.25, -0.2) is 17.5 Å². The summed E-state index contributed by atoms with van der Waals surface area (Å²) in [7, 11) is -3.75. The third kappa shape index (κ3) is 5.33. The number of rotatable bonds is 5. The van der Waals surface area contributed by atoms with E-state index in [1.54, 1.807) is 0 Å². The van der Waals surface area contributed by atoms with Crippen LogP contribution in [0.25, 0.3) is 0 Å². The van der Waals surface area contributed by atoms with Gasteiger partial charge in [-0.3, -0.25) is 0 Å². The van der Waals surface area contributed by atoms with Crippen LogP contribution in [0.5, 0.6) is 0 Å². The van der Waals surface area contributed by atoms with Crippen LogP contribution in [0.15, 0.2) is 48.5 Å². The maximum Gasteiger partial charge on any atom is 0.416 e. The topological polar surface area (TPSA) is 46.2 Å². The Labute approximate surface area is 131 Å². The summed E-state index contributed by atoms with van der Waals surface area (Å²) >= 11 is 0. The van der Waals surface area contributed by atoms with Gasteiger partial charge in [-0.2, -0.15) is 13.2 Å². The van der Waals surface area contributed by atoms with Crippen LogP contribution < -0.4 is 4.72 Å². The molecule has 2 rings (SSSR count). The number of nitrogens with one attached hydrogen (secondary N) is 1. The Balaban J connectivity index is 2.03. The smallest absolute Gasteiger partial charge is 0.212 e. The molecule has 2 aromatic rings. The van der Waals surface area contributed by atoms with Crippen molar-refractivity contribution in [1.82, 2.24) is 4.72 Å². The Bertz CT molecular complexity index is 771. The normalized spacial score (nSPS) is 12.3. The van der Waals surface area contributed by atoms with Gasteiger partial charge in [-0.15, -0.1) is 0 Å². The molecule has 0 spiro atoms. The Kier molecular flexibility index (Phi) is 5.06. The van der Waals surface area contributed by atoms with Gasteiger partial charge in [0.1, 0.15) is 5.82 Å². The predicted molar refractivity (Wildman–Crippen MR) is 77.3 cm³/mol. The summed E-state index contributed by atoms with van der Waals surface area (Å²) in [6, 6.07) is 9.35. The van der Waals surface area contributed by atoms with Gasteiger partial charge in [0.05, 0.1) is 11.3 Å². The predicted octanol–water partition coefficient (Wildman–Crippen LogP) is 3.46. The minimum Gasteiger partial charge on any atom is -0.212 e. The van der Waals surface area contributed by atoms with E-state index in [0.29, 0.717) is 5.56 Å². The Morgan fingerprint density at radius 2 is 1.61 bits per heavy atom. The van der Waals surface area contributed by atoms with Crippen LogP contribution in [0, 0.1) is 5.82 Å². The third-order valence-electron chi connectivity index (χ3n) is 3.02. The van der Waals surface area contributed by atoms with Crippen molar-refractivity contribution in [3.63, 3.8) is 0 Å². The summed E-state index contributed by atoms with van der Waals surface area (Å²) in [5.74, 6) is -0.866. The van der Waals surface area contributed by atoms with E-state index in [1.807, 2.05) is 0 Å². The first kappa shape index (κ1) is 17.4. The number of benzene rings is 2. The molecule has 0 aliphatic rings. The molecule has 0 saturated heterocycles. The lowest BCUT2D eigenvalue weighted by Gasteiger charge is -2.10. The lowest BCUT2D eigenvalue weighted by Crippen LogP contribution is -2.24.